The highest BCUT2D eigenvalue weighted by atomic mass is 16.6. The minimum atomic E-state index is -0.827. The molecule has 1 unspecified atom stereocenters. The minimum absolute atomic E-state index is 0.116. The molecule has 0 aromatic rings. The maximum Gasteiger partial charge on any atom is 0.306 e. The summed E-state index contributed by atoms with van der Waals surface area (Å²) >= 11 is 0. The third-order valence-corrected chi connectivity index (χ3v) is 11.0. The maximum atomic E-state index is 12.7. The van der Waals surface area contributed by atoms with E-state index >= 15 is 0 Å². The second-order valence-electron chi connectivity index (χ2n) is 17.1. The van der Waals surface area contributed by atoms with Crippen LogP contribution in [0.25, 0.3) is 0 Å². The molecule has 0 amide bonds. The van der Waals surface area contributed by atoms with Gasteiger partial charge in [0, 0.05) is 19.3 Å². The molecule has 61 heavy (non-hydrogen) atoms. The van der Waals surface area contributed by atoms with Crippen molar-refractivity contribution in [1.29, 1.82) is 0 Å². The topological polar surface area (TPSA) is 78.9 Å². The molecule has 0 aliphatic carbocycles. The second-order valence-corrected chi connectivity index (χ2v) is 17.1. The van der Waals surface area contributed by atoms with Crippen LogP contribution in [0.1, 0.15) is 252 Å². The van der Waals surface area contributed by atoms with Crippen LogP contribution in [-0.4, -0.2) is 37.2 Å². The van der Waals surface area contributed by atoms with E-state index in [2.05, 4.69) is 69.4 Å². The van der Waals surface area contributed by atoms with Gasteiger partial charge in [0.15, 0.2) is 6.10 Å². The molecule has 0 bridgehead atoms. The third-order valence-electron chi connectivity index (χ3n) is 11.0. The van der Waals surface area contributed by atoms with Gasteiger partial charge in [0.25, 0.3) is 0 Å². The highest BCUT2D eigenvalue weighted by molar-refractivity contribution is 5.71. The van der Waals surface area contributed by atoms with Crippen molar-refractivity contribution in [3.05, 3.63) is 60.8 Å². The lowest BCUT2D eigenvalue weighted by Crippen LogP contribution is -2.30. The van der Waals surface area contributed by atoms with Gasteiger partial charge in [-0.25, -0.2) is 0 Å². The van der Waals surface area contributed by atoms with Crippen LogP contribution in [0.15, 0.2) is 60.8 Å². The van der Waals surface area contributed by atoms with E-state index in [9.17, 15) is 14.4 Å². The number of carbonyl (C=O) groups is 3. The number of rotatable bonds is 46. The summed E-state index contributed by atoms with van der Waals surface area (Å²) in [5, 5.41) is 0. The Kier molecular flexibility index (Phi) is 47.4. The molecule has 0 radical (unpaired) electrons. The van der Waals surface area contributed by atoms with Gasteiger partial charge >= 0.3 is 17.9 Å². The van der Waals surface area contributed by atoms with Gasteiger partial charge < -0.3 is 14.2 Å². The monoisotopic (exact) mass is 853 g/mol. The lowest BCUT2D eigenvalue weighted by molar-refractivity contribution is -0.166. The molecule has 6 nitrogen and oxygen atoms in total. The first-order chi connectivity index (χ1) is 30.0. The zero-order valence-corrected chi connectivity index (χ0v) is 40.2. The summed E-state index contributed by atoms with van der Waals surface area (Å²) in [5.74, 6) is -1.06. The van der Waals surface area contributed by atoms with Crippen LogP contribution in [0.5, 0.6) is 0 Å². The average molecular weight is 853 g/mol. The summed E-state index contributed by atoms with van der Waals surface area (Å²) in [6, 6.07) is 0. The standard InChI is InChI=1S/C55H96O6/c1-4-7-10-13-16-19-22-25-26-27-28-31-33-36-39-42-45-48-54(57)60-51-52(61-55(58)49-46-43-40-37-34-30-24-21-18-15-12-9-6-3)50-59-53(56)47-44-41-38-35-32-29-23-20-17-14-11-8-5-2/h25-26,29-30,32,34,38,40-41,43,52H,4-24,27-28,31,33,35-37,39,42,44-51H2,1-3H3/b26-25+,32-29+,34-30+,41-38+,43-40+. The highest BCUT2D eigenvalue weighted by Crippen LogP contribution is 2.13. The van der Waals surface area contributed by atoms with Gasteiger partial charge in [0.2, 0.25) is 0 Å². The molecule has 0 aromatic heterocycles. The fraction of sp³-hybridized carbons (Fsp3) is 0.764. The zero-order valence-electron chi connectivity index (χ0n) is 40.2. The predicted molar refractivity (Wildman–Crippen MR) is 261 cm³/mol. The Bertz CT molecular complexity index is 1120. The van der Waals surface area contributed by atoms with Gasteiger partial charge in [-0.05, 0) is 83.5 Å². The van der Waals surface area contributed by atoms with Crippen LogP contribution < -0.4 is 0 Å². The van der Waals surface area contributed by atoms with Crippen LogP contribution in [-0.2, 0) is 28.6 Å². The van der Waals surface area contributed by atoms with E-state index in [1.165, 1.54) is 154 Å². The highest BCUT2D eigenvalue weighted by Gasteiger charge is 2.19. The lowest BCUT2D eigenvalue weighted by Gasteiger charge is -2.18. The molecule has 0 fully saturated rings. The molecule has 0 saturated carbocycles. The van der Waals surface area contributed by atoms with Crippen molar-refractivity contribution in [3.63, 3.8) is 0 Å². The quantitative estimate of drug-likeness (QED) is 0.0263. The number of esters is 3. The van der Waals surface area contributed by atoms with Crippen molar-refractivity contribution in [3.8, 4) is 0 Å². The number of unbranched alkanes of at least 4 members (excludes halogenated alkanes) is 25. The van der Waals surface area contributed by atoms with Crippen molar-refractivity contribution >= 4 is 17.9 Å². The number of allylic oxidation sites excluding steroid dienone is 10. The normalized spacial score (nSPS) is 12.5. The summed E-state index contributed by atoms with van der Waals surface area (Å²) in [6.45, 7) is 6.51. The van der Waals surface area contributed by atoms with E-state index in [0.717, 1.165) is 44.9 Å². The van der Waals surface area contributed by atoms with Gasteiger partial charge in [-0.3, -0.25) is 14.4 Å². The van der Waals surface area contributed by atoms with Gasteiger partial charge in [-0.1, -0.05) is 210 Å². The second kappa shape index (κ2) is 49.8. The average Bonchev–Trinajstić information content (AvgIpc) is 3.26. The van der Waals surface area contributed by atoms with Crippen molar-refractivity contribution in [1.82, 2.24) is 0 Å². The number of hydrogen-bond donors (Lipinski definition) is 0. The van der Waals surface area contributed by atoms with E-state index in [1.807, 2.05) is 12.2 Å². The fourth-order valence-corrected chi connectivity index (χ4v) is 7.07. The third kappa shape index (κ3) is 48.0. The van der Waals surface area contributed by atoms with Crippen molar-refractivity contribution in [2.45, 2.75) is 258 Å². The first kappa shape index (κ1) is 58.1. The van der Waals surface area contributed by atoms with E-state index in [4.69, 9.17) is 14.2 Å². The molecule has 0 aliphatic heterocycles. The van der Waals surface area contributed by atoms with Crippen LogP contribution in [0.2, 0.25) is 0 Å². The van der Waals surface area contributed by atoms with Crippen molar-refractivity contribution in [2.24, 2.45) is 0 Å². The molecular weight excluding hydrogens is 757 g/mol. The molecule has 0 spiro atoms. The van der Waals surface area contributed by atoms with Crippen LogP contribution >= 0.6 is 0 Å². The first-order valence-electron chi connectivity index (χ1n) is 25.8. The largest absolute Gasteiger partial charge is 0.462 e. The Labute approximate surface area is 377 Å². The summed E-state index contributed by atoms with van der Waals surface area (Å²) in [6.07, 6.45) is 60.9. The van der Waals surface area contributed by atoms with Crippen LogP contribution in [0.3, 0.4) is 0 Å². The molecule has 0 heterocycles. The molecule has 0 aliphatic rings. The summed E-state index contributed by atoms with van der Waals surface area (Å²) < 4.78 is 16.7. The molecule has 0 aromatic carbocycles. The van der Waals surface area contributed by atoms with Gasteiger partial charge in [0.05, 0.1) is 0 Å². The molecule has 0 saturated heterocycles. The fourth-order valence-electron chi connectivity index (χ4n) is 7.07. The molecule has 1 atom stereocenters. The predicted octanol–water partition coefficient (Wildman–Crippen LogP) is 16.9. The van der Waals surface area contributed by atoms with Crippen molar-refractivity contribution in [2.75, 3.05) is 13.2 Å². The molecule has 6 heteroatoms. The van der Waals surface area contributed by atoms with Crippen LogP contribution in [0, 0.1) is 0 Å². The molecule has 0 N–H and O–H groups in total. The summed E-state index contributed by atoms with van der Waals surface area (Å²) in [7, 11) is 0. The number of hydrogen-bond acceptors (Lipinski definition) is 6. The van der Waals surface area contributed by atoms with Gasteiger partial charge in [-0.15, -0.1) is 0 Å². The van der Waals surface area contributed by atoms with Crippen molar-refractivity contribution < 1.29 is 28.6 Å². The zero-order chi connectivity index (χ0) is 44.4. The molecule has 0 rings (SSSR count). The Balaban J connectivity index is 4.48. The van der Waals surface area contributed by atoms with Crippen LogP contribution in [0.4, 0.5) is 0 Å². The Morgan fingerprint density at radius 3 is 1.02 bits per heavy atom. The smallest absolute Gasteiger partial charge is 0.306 e. The van der Waals surface area contributed by atoms with E-state index in [0.29, 0.717) is 19.3 Å². The van der Waals surface area contributed by atoms with E-state index < -0.39 is 12.1 Å². The Hall–Kier alpha value is -2.89. The summed E-state index contributed by atoms with van der Waals surface area (Å²) in [4.78, 5) is 37.8. The Morgan fingerprint density at radius 1 is 0.328 bits per heavy atom. The molecular formula is C55H96O6. The lowest BCUT2D eigenvalue weighted by atomic mass is 10.1. The first-order valence-corrected chi connectivity index (χ1v) is 25.8. The van der Waals surface area contributed by atoms with Gasteiger partial charge in [-0.2, -0.15) is 0 Å². The number of carbonyl (C=O) groups excluding carboxylic acids is 3. The summed E-state index contributed by atoms with van der Waals surface area (Å²) in [5.41, 5.74) is 0. The SMILES string of the molecule is CCCCCCCC/C=C/C/C=C/CCC(=O)OCC(COC(=O)CCCCCCCCC/C=C/CCCCCCCC)OC(=O)CC/C=C/C/C=C/CCCCCCCC. The molecule has 352 valence electrons. The van der Waals surface area contributed by atoms with Gasteiger partial charge in [0.1, 0.15) is 13.2 Å². The Morgan fingerprint density at radius 2 is 0.623 bits per heavy atom. The van der Waals surface area contributed by atoms with E-state index in [-0.39, 0.29) is 38.0 Å². The van der Waals surface area contributed by atoms with E-state index in [1.54, 1.807) is 0 Å². The number of ether oxygens (including phenoxy) is 3. The maximum absolute atomic E-state index is 12.7. The minimum Gasteiger partial charge on any atom is -0.462 e.